The normalized spacial score (nSPS) is 12.2. The summed E-state index contributed by atoms with van der Waals surface area (Å²) in [6.07, 6.45) is 1.85. The molecule has 1 aromatic heterocycles. The fourth-order valence-electron chi connectivity index (χ4n) is 2.40. The van der Waals surface area contributed by atoms with Crippen molar-refractivity contribution < 1.29 is 9.00 Å². The fraction of sp³-hybridized carbons (Fsp3) is 0.167. The largest absolute Gasteiger partial charge is 0.361 e. The Morgan fingerprint density at radius 2 is 1.91 bits per heavy atom. The molecule has 1 unspecified atom stereocenters. The van der Waals surface area contributed by atoms with Crippen LogP contribution in [0.15, 0.2) is 60.8 Å². The Kier molecular flexibility index (Phi) is 4.88. The Morgan fingerprint density at radius 3 is 2.74 bits per heavy atom. The number of aromatic amines is 1. The molecule has 1 heterocycles. The molecule has 0 saturated heterocycles. The zero-order valence-electron chi connectivity index (χ0n) is 12.6. The highest BCUT2D eigenvalue weighted by Crippen LogP contribution is 2.14. The monoisotopic (exact) mass is 326 g/mol. The highest BCUT2D eigenvalue weighted by molar-refractivity contribution is 7.84. The molecule has 23 heavy (non-hydrogen) atoms. The van der Waals surface area contributed by atoms with E-state index >= 15 is 0 Å². The summed E-state index contributed by atoms with van der Waals surface area (Å²) < 4.78 is 12.0. The number of benzene rings is 2. The van der Waals surface area contributed by atoms with Gasteiger partial charge in [0.15, 0.2) is 0 Å². The van der Waals surface area contributed by atoms with Crippen LogP contribution in [0.1, 0.15) is 15.9 Å². The molecular formula is C18H18N2O2S. The number of hydrogen-bond acceptors (Lipinski definition) is 2. The van der Waals surface area contributed by atoms with Crippen molar-refractivity contribution >= 4 is 27.6 Å². The van der Waals surface area contributed by atoms with E-state index in [-0.39, 0.29) is 5.91 Å². The first-order valence-corrected chi connectivity index (χ1v) is 8.95. The number of fused-ring (bicyclic) bond motifs is 1. The van der Waals surface area contributed by atoms with Crippen molar-refractivity contribution in [2.24, 2.45) is 0 Å². The lowest BCUT2D eigenvalue weighted by Gasteiger charge is -2.06. The smallest absolute Gasteiger partial charge is 0.251 e. The van der Waals surface area contributed by atoms with Crippen LogP contribution in [0.4, 0.5) is 0 Å². The van der Waals surface area contributed by atoms with Crippen LogP contribution < -0.4 is 5.32 Å². The minimum Gasteiger partial charge on any atom is -0.361 e. The average Bonchev–Trinajstić information content (AvgIpc) is 3.03. The number of amides is 1. The lowest BCUT2D eigenvalue weighted by Crippen LogP contribution is -2.27. The maximum Gasteiger partial charge on any atom is 0.251 e. The topological polar surface area (TPSA) is 62.0 Å². The molecule has 0 aliphatic heterocycles. The van der Waals surface area contributed by atoms with Crippen molar-refractivity contribution in [3.05, 3.63) is 71.9 Å². The van der Waals surface area contributed by atoms with E-state index in [9.17, 15) is 9.00 Å². The minimum atomic E-state index is -0.981. The number of H-pyrrole nitrogens is 1. The van der Waals surface area contributed by atoms with Crippen LogP contribution in [0.2, 0.25) is 0 Å². The summed E-state index contributed by atoms with van der Waals surface area (Å²) in [4.78, 5) is 15.2. The summed E-state index contributed by atoms with van der Waals surface area (Å²) >= 11 is 0. The first-order chi connectivity index (χ1) is 11.2. The third kappa shape index (κ3) is 4.07. The Hall–Kier alpha value is -2.40. The molecule has 3 aromatic rings. The Morgan fingerprint density at radius 1 is 1.09 bits per heavy atom. The summed E-state index contributed by atoms with van der Waals surface area (Å²) in [6.45, 7) is 0.404. The van der Waals surface area contributed by atoms with Gasteiger partial charge < -0.3 is 10.3 Å². The quantitative estimate of drug-likeness (QED) is 0.732. The van der Waals surface area contributed by atoms with Gasteiger partial charge in [-0.25, -0.2) is 0 Å². The predicted molar refractivity (Wildman–Crippen MR) is 93.8 cm³/mol. The molecule has 1 atom stereocenters. The molecule has 3 rings (SSSR count). The van der Waals surface area contributed by atoms with E-state index < -0.39 is 10.8 Å². The molecule has 0 aliphatic carbocycles. The lowest BCUT2D eigenvalue weighted by molar-refractivity contribution is 0.0956. The van der Waals surface area contributed by atoms with Gasteiger partial charge in [0.25, 0.3) is 5.91 Å². The lowest BCUT2D eigenvalue weighted by atomic mass is 10.1. The molecule has 2 aromatic carbocycles. The van der Waals surface area contributed by atoms with E-state index in [1.165, 1.54) is 0 Å². The van der Waals surface area contributed by atoms with Gasteiger partial charge in [0.2, 0.25) is 0 Å². The summed E-state index contributed by atoms with van der Waals surface area (Å²) in [6, 6.07) is 17.2. The third-order valence-electron chi connectivity index (χ3n) is 3.60. The van der Waals surface area contributed by atoms with Gasteiger partial charge in [-0.3, -0.25) is 9.00 Å². The van der Waals surface area contributed by atoms with Gasteiger partial charge in [0.05, 0.1) is 0 Å². The highest BCUT2D eigenvalue weighted by atomic mass is 32.2. The van der Waals surface area contributed by atoms with Crippen LogP contribution in [0, 0.1) is 0 Å². The van der Waals surface area contributed by atoms with E-state index in [0.717, 1.165) is 16.5 Å². The standard InChI is InChI=1S/C18H18N2O2S/c21-18(16-7-6-15-8-9-19-17(15)12-16)20-10-11-23(22)13-14-4-2-1-3-5-14/h1-9,12,19H,10-11,13H2,(H,20,21). The molecule has 2 N–H and O–H groups in total. The summed E-state index contributed by atoms with van der Waals surface area (Å²) in [5, 5.41) is 3.90. The van der Waals surface area contributed by atoms with Crippen molar-refractivity contribution in [1.82, 2.24) is 10.3 Å². The Balaban J connectivity index is 1.49. The maximum absolute atomic E-state index is 12.1. The van der Waals surface area contributed by atoms with Crippen molar-refractivity contribution in [1.29, 1.82) is 0 Å². The van der Waals surface area contributed by atoms with Gasteiger partial charge in [-0.05, 0) is 29.1 Å². The van der Waals surface area contributed by atoms with Crippen LogP contribution in [-0.2, 0) is 16.6 Å². The van der Waals surface area contributed by atoms with Crippen LogP contribution in [-0.4, -0.2) is 27.4 Å². The van der Waals surface area contributed by atoms with Crippen LogP contribution in [0.25, 0.3) is 10.9 Å². The van der Waals surface area contributed by atoms with Gasteiger partial charge >= 0.3 is 0 Å². The van der Waals surface area contributed by atoms with Gasteiger partial charge in [0, 0.05) is 46.1 Å². The van der Waals surface area contributed by atoms with Gasteiger partial charge in [-0.2, -0.15) is 0 Å². The second-order valence-corrected chi connectivity index (χ2v) is 6.89. The van der Waals surface area contributed by atoms with Crippen LogP contribution >= 0.6 is 0 Å². The molecule has 0 radical (unpaired) electrons. The summed E-state index contributed by atoms with van der Waals surface area (Å²) in [7, 11) is -0.981. The van der Waals surface area contributed by atoms with Gasteiger partial charge in [-0.15, -0.1) is 0 Å². The number of hydrogen-bond donors (Lipinski definition) is 2. The molecule has 0 spiro atoms. The average molecular weight is 326 g/mol. The number of carbonyl (C=O) groups excluding carboxylic acids is 1. The number of carbonyl (C=O) groups is 1. The SMILES string of the molecule is O=C(NCCS(=O)Cc1ccccc1)c1ccc2cc[nH]c2c1. The van der Waals surface area contributed by atoms with E-state index in [0.29, 0.717) is 23.6 Å². The molecule has 0 aliphatic rings. The van der Waals surface area contributed by atoms with E-state index in [2.05, 4.69) is 10.3 Å². The Bertz CT molecular complexity index is 827. The van der Waals surface area contributed by atoms with Gasteiger partial charge in [0.1, 0.15) is 0 Å². The van der Waals surface area contributed by atoms with E-state index in [4.69, 9.17) is 0 Å². The molecule has 0 saturated carbocycles. The zero-order chi connectivity index (χ0) is 16.1. The zero-order valence-corrected chi connectivity index (χ0v) is 13.4. The number of nitrogens with one attached hydrogen (secondary N) is 2. The molecule has 118 valence electrons. The highest BCUT2D eigenvalue weighted by Gasteiger charge is 2.07. The van der Waals surface area contributed by atoms with Crippen LogP contribution in [0.5, 0.6) is 0 Å². The summed E-state index contributed by atoms with van der Waals surface area (Å²) in [5.74, 6) is 0.828. The first kappa shape index (κ1) is 15.5. The molecule has 1 amide bonds. The molecule has 0 bridgehead atoms. The predicted octanol–water partition coefficient (Wildman–Crippen LogP) is 2.85. The van der Waals surface area contributed by atoms with E-state index in [1.54, 1.807) is 6.07 Å². The first-order valence-electron chi connectivity index (χ1n) is 7.46. The number of rotatable bonds is 6. The number of aromatic nitrogens is 1. The van der Waals surface area contributed by atoms with Gasteiger partial charge in [-0.1, -0.05) is 36.4 Å². The maximum atomic E-state index is 12.1. The van der Waals surface area contributed by atoms with Crippen LogP contribution in [0.3, 0.4) is 0 Å². The van der Waals surface area contributed by atoms with Crippen molar-refractivity contribution in [2.75, 3.05) is 12.3 Å². The second-order valence-electron chi connectivity index (χ2n) is 5.31. The third-order valence-corrected chi connectivity index (χ3v) is 4.92. The Labute approximate surface area is 137 Å². The second kappa shape index (κ2) is 7.24. The van der Waals surface area contributed by atoms with Crippen molar-refractivity contribution in [2.45, 2.75) is 5.75 Å². The molecular weight excluding hydrogens is 308 g/mol. The van der Waals surface area contributed by atoms with E-state index in [1.807, 2.05) is 54.7 Å². The fourth-order valence-corrected chi connectivity index (χ4v) is 3.44. The van der Waals surface area contributed by atoms with Crippen molar-refractivity contribution in [3.8, 4) is 0 Å². The van der Waals surface area contributed by atoms with Crippen molar-refractivity contribution in [3.63, 3.8) is 0 Å². The molecule has 0 fully saturated rings. The molecule has 5 heteroatoms. The minimum absolute atomic E-state index is 0.141. The summed E-state index contributed by atoms with van der Waals surface area (Å²) in [5.41, 5.74) is 2.59. The molecule has 4 nitrogen and oxygen atoms in total.